The minimum Gasteiger partial charge on any atom is -0.496 e. The van der Waals surface area contributed by atoms with Crippen molar-refractivity contribution in [3.05, 3.63) is 35.0 Å². The van der Waals surface area contributed by atoms with Crippen molar-refractivity contribution >= 4 is 11.3 Å². The Kier molecular flexibility index (Phi) is 3.92. The molecule has 0 aliphatic heterocycles. The van der Waals surface area contributed by atoms with Crippen LogP contribution in [0.25, 0.3) is 10.4 Å². The minimum absolute atomic E-state index is 0.438. The van der Waals surface area contributed by atoms with Gasteiger partial charge in [-0.1, -0.05) is 12.1 Å². The van der Waals surface area contributed by atoms with Gasteiger partial charge in [-0.15, -0.1) is 11.3 Å². The number of aromatic nitrogens is 1. The summed E-state index contributed by atoms with van der Waals surface area (Å²) in [5.41, 5.74) is 6.85. The summed E-state index contributed by atoms with van der Waals surface area (Å²) in [5, 5.41) is 10.0. The molecule has 0 aliphatic carbocycles. The number of para-hydroxylation sites is 1. The molecule has 4 nitrogen and oxygen atoms in total. The normalized spacial score (nSPS) is 10.1. The van der Waals surface area contributed by atoms with Gasteiger partial charge in [0.1, 0.15) is 11.8 Å². The molecule has 18 heavy (non-hydrogen) atoms. The number of benzene rings is 1. The standard InChI is InChI=1S/C13H13N3OS/c1-17-11-5-3-2-4-9(11)13-10(8-15)16-12(18-13)6-7-14/h2-5H,6-7,14H2,1H3. The van der Waals surface area contributed by atoms with Crippen molar-refractivity contribution in [2.45, 2.75) is 6.42 Å². The van der Waals surface area contributed by atoms with E-state index in [0.717, 1.165) is 21.2 Å². The second kappa shape index (κ2) is 5.63. The van der Waals surface area contributed by atoms with E-state index in [4.69, 9.17) is 15.7 Å². The van der Waals surface area contributed by atoms with E-state index in [0.29, 0.717) is 18.7 Å². The maximum atomic E-state index is 9.15. The number of thiazole rings is 1. The number of ether oxygens (including phenoxy) is 1. The van der Waals surface area contributed by atoms with Crippen LogP contribution in [-0.2, 0) is 6.42 Å². The number of methoxy groups -OCH3 is 1. The number of nitriles is 1. The highest BCUT2D eigenvalue weighted by Crippen LogP contribution is 2.36. The number of hydrogen-bond acceptors (Lipinski definition) is 5. The van der Waals surface area contributed by atoms with E-state index in [2.05, 4.69) is 11.1 Å². The molecule has 1 aromatic carbocycles. The van der Waals surface area contributed by atoms with Crippen LogP contribution in [0.15, 0.2) is 24.3 Å². The summed E-state index contributed by atoms with van der Waals surface area (Å²) < 4.78 is 5.31. The van der Waals surface area contributed by atoms with Gasteiger partial charge in [0.05, 0.1) is 17.0 Å². The Morgan fingerprint density at radius 3 is 2.89 bits per heavy atom. The van der Waals surface area contributed by atoms with Gasteiger partial charge in [-0.3, -0.25) is 0 Å². The predicted molar refractivity (Wildman–Crippen MR) is 71.6 cm³/mol. The van der Waals surface area contributed by atoms with Gasteiger partial charge >= 0.3 is 0 Å². The Hall–Kier alpha value is -1.90. The lowest BCUT2D eigenvalue weighted by atomic mass is 10.1. The number of rotatable bonds is 4. The predicted octanol–water partition coefficient (Wildman–Crippen LogP) is 2.19. The van der Waals surface area contributed by atoms with E-state index >= 15 is 0 Å². The fraction of sp³-hybridized carbons (Fsp3) is 0.231. The third-order valence-electron chi connectivity index (χ3n) is 2.49. The summed E-state index contributed by atoms with van der Waals surface area (Å²) in [6.45, 7) is 0.531. The topological polar surface area (TPSA) is 71.9 Å². The van der Waals surface area contributed by atoms with Crippen molar-refractivity contribution in [3.63, 3.8) is 0 Å². The first-order chi connectivity index (χ1) is 8.80. The van der Waals surface area contributed by atoms with Crippen molar-refractivity contribution in [1.82, 2.24) is 4.98 Å². The molecular formula is C13H13N3OS. The van der Waals surface area contributed by atoms with Gasteiger partial charge in [-0.2, -0.15) is 5.26 Å². The van der Waals surface area contributed by atoms with Crippen LogP contribution in [0.4, 0.5) is 0 Å². The molecule has 0 unspecified atom stereocenters. The molecule has 0 amide bonds. The molecule has 5 heteroatoms. The van der Waals surface area contributed by atoms with Crippen molar-refractivity contribution in [2.24, 2.45) is 5.73 Å². The Morgan fingerprint density at radius 1 is 1.44 bits per heavy atom. The van der Waals surface area contributed by atoms with Gasteiger partial charge in [-0.05, 0) is 18.7 Å². The summed E-state index contributed by atoms with van der Waals surface area (Å²) >= 11 is 1.50. The monoisotopic (exact) mass is 259 g/mol. The first kappa shape index (κ1) is 12.6. The highest BCUT2D eigenvalue weighted by atomic mass is 32.1. The maximum absolute atomic E-state index is 9.15. The number of hydrogen-bond donors (Lipinski definition) is 1. The van der Waals surface area contributed by atoms with Crippen LogP contribution in [0.5, 0.6) is 5.75 Å². The summed E-state index contributed by atoms with van der Waals surface area (Å²) in [4.78, 5) is 5.14. The van der Waals surface area contributed by atoms with Crippen LogP contribution >= 0.6 is 11.3 Å². The van der Waals surface area contributed by atoms with Crippen LogP contribution in [-0.4, -0.2) is 18.6 Å². The van der Waals surface area contributed by atoms with E-state index in [-0.39, 0.29) is 0 Å². The minimum atomic E-state index is 0.438. The van der Waals surface area contributed by atoms with E-state index in [1.165, 1.54) is 11.3 Å². The molecule has 0 saturated heterocycles. The molecular weight excluding hydrogens is 246 g/mol. The van der Waals surface area contributed by atoms with E-state index in [9.17, 15) is 0 Å². The van der Waals surface area contributed by atoms with Gasteiger partial charge in [0.2, 0.25) is 0 Å². The van der Waals surface area contributed by atoms with Crippen LogP contribution in [0.3, 0.4) is 0 Å². The number of nitrogens with zero attached hydrogens (tertiary/aromatic N) is 2. The summed E-state index contributed by atoms with van der Waals surface area (Å²) in [7, 11) is 1.62. The summed E-state index contributed by atoms with van der Waals surface area (Å²) in [6, 6.07) is 9.75. The third kappa shape index (κ3) is 2.35. The summed E-state index contributed by atoms with van der Waals surface area (Å²) in [6.07, 6.45) is 0.689. The van der Waals surface area contributed by atoms with Crippen LogP contribution in [0.2, 0.25) is 0 Å². The SMILES string of the molecule is COc1ccccc1-c1sc(CCN)nc1C#N. The first-order valence-electron chi connectivity index (χ1n) is 5.53. The number of nitrogens with two attached hydrogens (primary N) is 1. The Balaban J connectivity index is 2.52. The lowest BCUT2D eigenvalue weighted by Crippen LogP contribution is -2.01. The molecule has 1 heterocycles. The molecule has 0 radical (unpaired) electrons. The van der Waals surface area contributed by atoms with E-state index in [1.54, 1.807) is 7.11 Å². The van der Waals surface area contributed by atoms with E-state index in [1.807, 2.05) is 24.3 Å². The van der Waals surface area contributed by atoms with Crippen LogP contribution in [0.1, 0.15) is 10.7 Å². The smallest absolute Gasteiger partial charge is 0.159 e. The highest BCUT2D eigenvalue weighted by molar-refractivity contribution is 7.15. The van der Waals surface area contributed by atoms with Gasteiger partial charge in [0, 0.05) is 12.0 Å². The van der Waals surface area contributed by atoms with Gasteiger partial charge < -0.3 is 10.5 Å². The maximum Gasteiger partial charge on any atom is 0.159 e. The molecule has 2 N–H and O–H groups in total. The molecule has 0 spiro atoms. The quantitative estimate of drug-likeness (QED) is 0.913. The molecule has 0 aliphatic rings. The molecule has 0 fully saturated rings. The lowest BCUT2D eigenvalue weighted by molar-refractivity contribution is 0.416. The van der Waals surface area contributed by atoms with Crippen LogP contribution < -0.4 is 10.5 Å². The lowest BCUT2D eigenvalue weighted by Gasteiger charge is -2.05. The fourth-order valence-corrected chi connectivity index (χ4v) is 2.74. The zero-order chi connectivity index (χ0) is 13.0. The second-order valence-corrected chi connectivity index (χ2v) is 4.72. The largest absolute Gasteiger partial charge is 0.496 e. The second-order valence-electron chi connectivity index (χ2n) is 3.64. The summed E-state index contributed by atoms with van der Waals surface area (Å²) in [5.74, 6) is 0.747. The zero-order valence-corrected chi connectivity index (χ0v) is 10.8. The molecule has 0 saturated carbocycles. The van der Waals surface area contributed by atoms with Crippen LogP contribution in [0, 0.1) is 11.3 Å². The van der Waals surface area contributed by atoms with Crippen molar-refractivity contribution in [1.29, 1.82) is 5.26 Å². The molecule has 2 rings (SSSR count). The Morgan fingerprint density at radius 2 is 2.22 bits per heavy atom. The Labute approximate surface area is 110 Å². The molecule has 1 aromatic heterocycles. The van der Waals surface area contributed by atoms with Crippen molar-refractivity contribution < 1.29 is 4.74 Å². The van der Waals surface area contributed by atoms with Crippen molar-refractivity contribution in [2.75, 3.05) is 13.7 Å². The Bertz CT molecular complexity index is 586. The van der Waals surface area contributed by atoms with Gasteiger partial charge in [0.25, 0.3) is 0 Å². The molecule has 92 valence electrons. The van der Waals surface area contributed by atoms with Gasteiger partial charge in [0.15, 0.2) is 5.69 Å². The fourth-order valence-electron chi connectivity index (χ4n) is 1.69. The zero-order valence-electron chi connectivity index (χ0n) is 10.0. The average Bonchev–Trinajstić information content (AvgIpc) is 2.82. The third-order valence-corrected chi connectivity index (χ3v) is 3.64. The molecule has 2 aromatic rings. The molecule has 0 atom stereocenters. The first-order valence-corrected chi connectivity index (χ1v) is 6.35. The molecule has 0 bridgehead atoms. The van der Waals surface area contributed by atoms with Gasteiger partial charge in [-0.25, -0.2) is 4.98 Å². The van der Waals surface area contributed by atoms with E-state index < -0.39 is 0 Å². The highest BCUT2D eigenvalue weighted by Gasteiger charge is 2.15. The average molecular weight is 259 g/mol. The van der Waals surface area contributed by atoms with Crippen molar-refractivity contribution in [3.8, 4) is 22.3 Å².